The molecule has 0 aliphatic rings. The van der Waals surface area contributed by atoms with Crippen LogP contribution in [-0.4, -0.2) is 33.1 Å². The molecule has 0 atom stereocenters. The quantitative estimate of drug-likeness (QED) is 0.596. The number of hydrogen-bond acceptors (Lipinski definition) is 2. The summed E-state index contributed by atoms with van der Waals surface area (Å²) in [6, 6.07) is 4.94. The first-order valence-corrected chi connectivity index (χ1v) is 5.23. The van der Waals surface area contributed by atoms with E-state index in [-0.39, 0.29) is 11.0 Å². The van der Waals surface area contributed by atoms with Gasteiger partial charge in [-0.25, -0.2) is 9.59 Å². The Morgan fingerprint density at radius 1 is 1.16 bits per heavy atom. The van der Waals surface area contributed by atoms with Crippen LogP contribution < -0.4 is 0 Å². The zero-order valence-electron chi connectivity index (χ0n) is 9.48. The highest BCUT2D eigenvalue weighted by atomic mass is 79.9. The van der Waals surface area contributed by atoms with Crippen LogP contribution in [0.4, 0.5) is 0 Å². The summed E-state index contributed by atoms with van der Waals surface area (Å²) in [5, 5.41) is 16.9. The van der Waals surface area contributed by atoms with Gasteiger partial charge >= 0.3 is 11.9 Å². The maximum absolute atomic E-state index is 10.4. The maximum atomic E-state index is 10.4. The molecule has 0 radical (unpaired) electrons. The highest BCUT2D eigenvalue weighted by Crippen LogP contribution is 2.16. The Balaban J connectivity index is 0. The second-order valence-corrected chi connectivity index (χ2v) is 3.92. The van der Waals surface area contributed by atoms with Crippen LogP contribution in [0.3, 0.4) is 0 Å². The van der Waals surface area contributed by atoms with Gasteiger partial charge in [-0.05, 0) is 29.8 Å². The molecular weight excluding hydrogens is 320 g/mol. The Labute approximate surface area is 117 Å². The molecule has 0 saturated carbocycles. The number of benzene rings is 1. The molecule has 7 heteroatoms. The summed E-state index contributed by atoms with van der Waals surface area (Å²) < 4.78 is 0.694. The number of halogens is 1. The second-order valence-electron chi connectivity index (χ2n) is 3.00. The van der Waals surface area contributed by atoms with Gasteiger partial charge in [0.05, 0.1) is 0 Å². The van der Waals surface area contributed by atoms with Gasteiger partial charge in [-0.15, -0.1) is 0 Å². The lowest BCUT2D eigenvalue weighted by Gasteiger charge is -1.97. The Bertz CT molecular complexity index is 553. The maximum Gasteiger partial charge on any atom is 0.382 e. The molecule has 0 spiro atoms. The lowest BCUT2D eigenvalue weighted by molar-refractivity contribution is -0.132. The molecule has 0 aliphatic heterocycles. The standard InChI is InChI=1S/C12H7BrO4.2H2O/c13-10-6-8(1-3-11(14)15)5-9(7-10)2-4-12(16)17;;/h1,3,5-7H,(H,14,15)(H,16,17);2*1H2/b3-1+;;. The zero-order valence-corrected chi connectivity index (χ0v) is 11.1. The number of carbonyl (C=O) groups is 2. The van der Waals surface area contributed by atoms with E-state index in [9.17, 15) is 9.59 Å². The molecule has 0 aromatic heterocycles. The average molecular weight is 331 g/mol. The highest BCUT2D eigenvalue weighted by Gasteiger charge is 1.96. The molecule has 1 rings (SSSR count). The van der Waals surface area contributed by atoms with Gasteiger partial charge in [0.2, 0.25) is 0 Å². The minimum Gasteiger partial charge on any atom is -0.478 e. The lowest BCUT2D eigenvalue weighted by Crippen LogP contribution is -1.88. The number of carboxylic acid groups (broad SMARTS) is 2. The second kappa shape index (κ2) is 8.88. The predicted molar refractivity (Wildman–Crippen MR) is 72.6 cm³/mol. The third-order valence-electron chi connectivity index (χ3n) is 1.65. The van der Waals surface area contributed by atoms with Crippen molar-refractivity contribution < 1.29 is 30.8 Å². The topological polar surface area (TPSA) is 138 Å². The fourth-order valence-corrected chi connectivity index (χ4v) is 1.58. The van der Waals surface area contributed by atoms with E-state index in [1.807, 2.05) is 5.92 Å². The van der Waals surface area contributed by atoms with Crippen molar-refractivity contribution in [3.63, 3.8) is 0 Å². The molecule has 1 aromatic rings. The molecular formula is C12H11BrO6. The predicted octanol–water partition coefficient (Wildman–Crippen LogP) is 0.334. The Hall–Kier alpha value is -2.14. The summed E-state index contributed by atoms with van der Waals surface area (Å²) in [6.45, 7) is 0. The fourth-order valence-electron chi connectivity index (χ4n) is 1.07. The van der Waals surface area contributed by atoms with Crippen LogP contribution in [0.15, 0.2) is 28.7 Å². The summed E-state index contributed by atoms with van der Waals surface area (Å²) in [6.07, 6.45) is 2.40. The van der Waals surface area contributed by atoms with Crippen LogP contribution >= 0.6 is 15.9 Å². The first-order chi connectivity index (χ1) is 7.97. The fraction of sp³-hybridized carbons (Fsp3) is 0. The number of hydrogen-bond donors (Lipinski definition) is 2. The lowest BCUT2D eigenvalue weighted by atomic mass is 10.1. The number of carboxylic acids is 2. The first kappa shape index (κ1) is 19.2. The molecule has 0 fully saturated rings. The van der Waals surface area contributed by atoms with Gasteiger partial charge in [-0.2, -0.15) is 0 Å². The van der Waals surface area contributed by atoms with Crippen molar-refractivity contribution >= 4 is 33.9 Å². The van der Waals surface area contributed by atoms with Crippen molar-refractivity contribution in [3.8, 4) is 11.8 Å². The van der Waals surface area contributed by atoms with Crippen LogP contribution in [0.25, 0.3) is 6.08 Å². The van der Waals surface area contributed by atoms with Gasteiger partial charge in [-0.3, -0.25) is 0 Å². The van der Waals surface area contributed by atoms with Crippen LogP contribution in [0.2, 0.25) is 0 Å². The third-order valence-corrected chi connectivity index (χ3v) is 2.11. The molecule has 0 amide bonds. The van der Waals surface area contributed by atoms with Crippen LogP contribution in [-0.2, 0) is 9.59 Å². The molecule has 0 unspecified atom stereocenters. The Morgan fingerprint density at radius 3 is 2.32 bits per heavy atom. The molecule has 102 valence electrons. The van der Waals surface area contributed by atoms with E-state index in [1.165, 1.54) is 6.08 Å². The number of rotatable bonds is 2. The summed E-state index contributed by atoms with van der Waals surface area (Å²) in [5.74, 6) is 2.17. The Morgan fingerprint density at radius 2 is 1.79 bits per heavy atom. The van der Waals surface area contributed by atoms with Crippen LogP contribution in [0, 0.1) is 11.8 Å². The monoisotopic (exact) mass is 330 g/mol. The molecule has 19 heavy (non-hydrogen) atoms. The highest BCUT2D eigenvalue weighted by molar-refractivity contribution is 9.10. The molecule has 0 bridgehead atoms. The van der Waals surface area contributed by atoms with E-state index in [2.05, 4.69) is 21.9 Å². The molecule has 0 saturated heterocycles. The third kappa shape index (κ3) is 7.72. The molecule has 0 heterocycles. The van der Waals surface area contributed by atoms with Gasteiger partial charge in [0.15, 0.2) is 0 Å². The summed E-state index contributed by atoms with van der Waals surface area (Å²) in [5.41, 5.74) is 1.11. The molecule has 6 N–H and O–H groups in total. The van der Waals surface area contributed by atoms with Gasteiger partial charge in [-0.1, -0.05) is 21.9 Å². The van der Waals surface area contributed by atoms with E-state index in [0.29, 0.717) is 15.6 Å². The largest absolute Gasteiger partial charge is 0.478 e. The van der Waals surface area contributed by atoms with Crippen molar-refractivity contribution in [1.29, 1.82) is 0 Å². The van der Waals surface area contributed by atoms with Gasteiger partial charge in [0, 0.05) is 22.0 Å². The van der Waals surface area contributed by atoms with Crippen molar-refractivity contribution in [2.75, 3.05) is 0 Å². The van der Waals surface area contributed by atoms with E-state index < -0.39 is 11.9 Å². The van der Waals surface area contributed by atoms with Crippen molar-refractivity contribution in [2.24, 2.45) is 0 Å². The van der Waals surface area contributed by atoms with Crippen molar-refractivity contribution in [3.05, 3.63) is 39.9 Å². The van der Waals surface area contributed by atoms with E-state index in [0.717, 1.165) is 6.08 Å². The summed E-state index contributed by atoms with van der Waals surface area (Å²) in [4.78, 5) is 20.6. The normalized spacial score (nSPS) is 8.68. The molecule has 0 aliphatic carbocycles. The van der Waals surface area contributed by atoms with Crippen LogP contribution in [0.1, 0.15) is 11.1 Å². The molecule has 1 aromatic carbocycles. The van der Waals surface area contributed by atoms with Gasteiger partial charge in [0.25, 0.3) is 0 Å². The SMILES string of the molecule is O.O.O=C(O)C#Cc1cc(Br)cc(/C=C/C(=O)O)c1. The van der Waals surface area contributed by atoms with E-state index >= 15 is 0 Å². The van der Waals surface area contributed by atoms with Gasteiger partial charge in [0.1, 0.15) is 0 Å². The minimum absolute atomic E-state index is 0. The van der Waals surface area contributed by atoms with Crippen molar-refractivity contribution in [1.82, 2.24) is 0 Å². The first-order valence-electron chi connectivity index (χ1n) is 4.44. The summed E-state index contributed by atoms with van der Waals surface area (Å²) >= 11 is 3.23. The summed E-state index contributed by atoms with van der Waals surface area (Å²) in [7, 11) is 0. The van der Waals surface area contributed by atoms with Gasteiger partial charge < -0.3 is 21.2 Å². The van der Waals surface area contributed by atoms with E-state index in [4.69, 9.17) is 10.2 Å². The van der Waals surface area contributed by atoms with Crippen molar-refractivity contribution in [2.45, 2.75) is 0 Å². The minimum atomic E-state index is -1.22. The average Bonchev–Trinajstić information content (AvgIpc) is 2.23. The Kier molecular flexibility index (Phi) is 8.98. The smallest absolute Gasteiger partial charge is 0.382 e. The van der Waals surface area contributed by atoms with Crippen LogP contribution in [0.5, 0.6) is 0 Å². The molecule has 6 nitrogen and oxygen atoms in total. The zero-order chi connectivity index (χ0) is 12.8. The number of aliphatic carboxylic acids is 2. The van der Waals surface area contributed by atoms with E-state index in [1.54, 1.807) is 18.2 Å².